The minimum atomic E-state index is -0.122. The van der Waals surface area contributed by atoms with Crippen molar-refractivity contribution in [2.24, 2.45) is 0 Å². The Morgan fingerprint density at radius 1 is 1.25 bits per heavy atom. The van der Waals surface area contributed by atoms with Crippen molar-refractivity contribution in [1.82, 2.24) is 0 Å². The maximum Gasteiger partial charge on any atom is 0.319 e. The highest BCUT2D eigenvalue weighted by atomic mass is 32.2. The number of hydrogen-bond acceptors (Lipinski definition) is 3. The van der Waals surface area contributed by atoms with Gasteiger partial charge < -0.3 is 4.74 Å². The van der Waals surface area contributed by atoms with Crippen molar-refractivity contribution < 1.29 is 9.53 Å². The van der Waals surface area contributed by atoms with Gasteiger partial charge in [-0.2, -0.15) is 0 Å². The van der Waals surface area contributed by atoms with Crippen molar-refractivity contribution in [3.63, 3.8) is 0 Å². The lowest BCUT2D eigenvalue weighted by atomic mass is 9.87. The van der Waals surface area contributed by atoms with Gasteiger partial charge in [0.15, 0.2) is 0 Å². The zero-order valence-corrected chi connectivity index (χ0v) is 14.0. The molecule has 0 saturated heterocycles. The Kier molecular flexibility index (Phi) is 6.60. The van der Waals surface area contributed by atoms with Crippen molar-refractivity contribution in [3.05, 3.63) is 29.8 Å². The Morgan fingerprint density at radius 2 is 1.85 bits per heavy atom. The first kappa shape index (κ1) is 17.1. The Morgan fingerprint density at radius 3 is 2.30 bits per heavy atom. The molecule has 2 nitrogen and oxygen atoms in total. The molecule has 20 heavy (non-hydrogen) atoms. The first-order chi connectivity index (χ1) is 9.38. The second-order valence-corrected chi connectivity index (χ2v) is 7.32. The van der Waals surface area contributed by atoms with E-state index in [1.54, 1.807) is 11.8 Å². The monoisotopic (exact) mass is 294 g/mol. The molecule has 0 N–H and O–H groups in total. The highest BCUT2D eigenvalue weighted by Crippen LogP contribution is 2.30. The van der Waals surface area contributed by atoms with Gasteiger partial charge in [0.1, 0.15) is 5.25 Å². The summed E-state index contributed by atoms with van der Waals surface area (Å²) in [5, 5.41) is -0.0968. The van der Waals surface area contributed by atoms with Crippen LogP contribution in [0.25, 0.3) is 0 Å². The van der Waals surface area contributed by atoms with Gasteiger partial charge in [-0.25, -0.2) is 0 Å². The molecule has 0 aliphatic heterocycles. The molecule has 0 aliphatic rings. The second-order valence-electron chi connectivity index (χ2n) is 6.05. The maximum atomic E-state index is 11.8. The van der Waals surface area contributed by atoms with Gasteiger partial charge in [-0.3, -0.25) is 4.79 Å². The molecular weight excluding hydrogens is 268 g/mol. The molecule has 1 atom stereocenters. The van der Waals surface area contributed by atoms with Crippen LogP contribution in [0, 0.1) is 0 Å². The summed E-state index contributed by atoms with van der Waals surface area (Å²) >= 11 is 1.61. The lowest BCUT2D eigenvalue weighted by Gasteiger charge is -2.19. The van der Waals surface area contributed by atoms with Gasteiger partial charge in [-0.15, -0.1) is 11.8 Å². The number of carbonyl (C=O) groups excluding carboxylic acids is 1. The molecule has 0 heterocycles. The van der Waals surface area contributed by atoms with Gasteiger partial charge in [-0.05, 0) is 29.5 Å². The molecule has 3 heteroatoms. The summed E-state index contributed by atoms with van der Waals surface area (Å²) in [5.74, 6) is -0.122. The van der Waals surface area contributed by atoms with Crippen LogP contribution < -0.4 is 0 Å². The Hall–Kier alpha value is -0.960. The predicted molar refractivity (Wildman–Crippen MR) is 86.3 cm³/mol. The summed E-state index contributed by atoms with van der Waals surface area (Å²) in [4.78, 5) is 12.9. The Balaban J connectivity index is 2.75. The predicted octanol–water partition coefficient (Wildman–Crippen LogP) is 4.81. The normalized spacial score (nSPS) is 13.1. The van der Waals surface area contributed by atoms with Crippen molar-refractivity contribution in [2.75, 3.05) is 7.11 Å². The van der Waals surface area contributed by atoms with E-state index in [0.29, 0.717) is 0 Å². The zero-order chi connectivity index (χ0) is 15.2. The van der Waals surface area contributed by atoms with Crippen LogP contribution in [0.3, 0.4) is 0 Å². The third-order valence-electron chi connectivity index (χ3n) is 3.28. The SMILES string of the molecule is CCCCC(Sc1ccc(C(C)(C)C)cc1)C(=O)OC. The van der Waals surface area contributed by atoms with Crippen LogP contribution in [0.15, 0.2) is 29.2 Å². The van der Waals surface area contributed by atoms with E-state index >= 15 is 0 Å². The van der Waals surface area contributed by atoms with Gasteiger partial charge in [0.25, 0.3) is 0 Å². The second kappa shape index (κ2) is 7.72. The number of thioether (sulfide) groups is 1. The summed E-state index contributed by atoms with van der Waals surface area (Å²) in [6, 6.07) is 8.51. The molecule has 0 amide bonds. The first-order valence-electron chi connectivity index (χ1n) is 7.23. The lowest BCUT2D eigenvalue weighted by Crippen LogP contribution is -2.18. The first-order valence-corrected chi connectivity index (χ1v) is 8.11. The van der Waals surface area contributed by atoms with Crippen molar-refractivity contribution in [1.29, 1.82) is 0 Å². The summed E-state index contributed by atoms with van der Waals surface area (Å²) in [6.45, 7) is 8.74. The molecule has 1 aromatic carbocycles. The molecule has 1 unspecified atom stereocenters. The van der Waals surface area contributed by atoms with Crippen LogP contribution >= 0.6 is 11.8 Å². The average molecular weight is 294 g/mol. The fourth-order valence-electron chi connectivity index (χ4n) is 1.94. The van der Waals surface area contributed by atoms with Crippen LogP contribution in [-0.4, -0.2) is 18.3 Å². The van der Waals surface area contributed by atoms with Gasteiger partial charge in [0, 0.05) is 4.90 Å². The summed E-state index contributed by atoms with van der Waals surface area (Å²) < 4.78 is 4.90. The quantitative estimate of drug-likeness (QED) is 0.556. The molecule has 1 aromatic rings. The third kappa shape index (κ3) is 5.20. The number of unbranched alkanes of at least 4 members (excludes halogenated alkanes) is 1. The standard InChI is InChI=1S/C17H26O2S/c1-6-7-8-15(16(18)19-5)20-14-11-9-13(10-12-14)17(2,3)4/h9-12,15H,6-8H2,1-5H3. The molecule has 1 rings (SSSR count). The number of methoxy groups -OCH3 is 1. The number of benzene rings is 1. The van der Waals surface area contributed by atoms with Crippen molar-refractivity contribution >= 4 is 17.7 Å². The van der Waals surface area contributed by atoms with Gasteiger partial charge in [0.05, 0.1) is 7.11 Å². The van der Waals surface area contributed by atoms with E-state index in [4.69, 9.17) is 4.74 Å². The molecule has 0 radical (unpaired) electrons. The van der Waals surface area contributed by atoms with E-state index in [1.807, 2.05) is 0 Å². The Labute approximate surface area is 127 Å². The molecular formula is C17H26O2S. The number of carbonyl (C=O) groups is 1. The fraction of sp³-hybridized carbons (Fsp3) is 0.588. The lowest BCUT2D eigenvalue weighted by molar-refractivity contribution is -0.140. The molecule has 0 saturated carbocycles. The van der Waals surface area contributed by atoms with E-state index in [0.717, 1.165) is 24.2 Å². The largest absolute Gasteiger partial charge is 0.468 e. The molecule has 0 bridgehead atoms. The molecule has 0 spiro atoms. The summed E-state index contributed by atoms with van der Waals surface area (Å²) in [6.07, 6.45) is 3.01. The summed E-state index contributed by atoms with van der Waals surface area (Å²) in [5.41, 5.74) is 1.47. The zero-order valence-electron chi connectivity index (χ0n) is 13.2. The maximum absolute atomic E-state index is 11.8. The number of esters is 1. The van der Waals surface area contributed by atoms with Gasteiger partial charge >= 0.3 is 5.97 Å². The van der Waals surface area contributed by atoms with E-state index in [9.17, 15) is 4.79 Å². The van der Waals surface area contributed by atoms with E-state index in [2.05, 4.69) is 52.0 Å². The van der Waals surface area contributed by atoms with E-state index in [-0.39, 0.29) is 16.6 Å². The van der Waals surface area contributed by atoms with E-state index < -0.39 is 0 Å². The minimum Gasteiger partial charge on any atom is -0.468 e. The van der Waals surface area contributed by atoms with Crippen LogP contribution in [0.4, 0.5) is 0 Å². The van der Waals surface area contributed by atoms with Crippen LogP contribution in [-0.2, 0) is 14.9 Å². The molecule has 0 aliphatic carbocycles. The van der Waals surface area contributed by atoms with Crippen LogP contribution in [0.5, 0.6) is 0 Å². The van der Waals surface area contributed by atoms with Gasteiger partial charge in [0.2, 0.25) is 0 Å². The highest BCUT2D eigenvalue weighted by molar-refractivity contribution is 8.00. The van der Waals surface area contributed by atoms with Crippen LogP contribution in [0.2, 0.25) is 0 Å². The third-order valence-corrected chi connectivity index (χ3v) is 4.54. The number of ether oxygens (including phenoxy) is 1. The van der Waals surface area contributed by atoms with E-state index in [1.165, 1.54) is 12.7 Å². The fourth-order valence-corrected chi connectivity index (χ4v) is 3.04. The van der Waals surface area contributed by atoms with Crippen molar-refractivity contribution in [3.8, 4) is 0 Å². The average Bonchev–Trinajstić information content (AvgIpc) is 2.42. The smallest absolute Gasteiger partial charge is 0.319 e. The molecule has 112 valence electrons. The molecule has 0 fully saturated rings. The number of hydrogen-bond donors (Lipinski definition) is 0. The minimum absolute atomic E-state index is 0.0968. The van der Waals surface area contributed by atoms with Gasteiger partial charge in [-0.1, -0.05) is 52.7 Å². The topological polar surface area (TPSA) is 26.3 Å². The van der Waals surface area contributed by atoms with Crippen LogP contribution in [0.1, 0.15) is 52.5 Å². The Bertz CT molecular complexity index is 418. The summed E-state index contributed by atoms with van der Waals surface area (Å²) in [7, 11) is 1.46. The molecule has 0 aromatic heterocycles. The van der Waals surface area contributed by atoms with Crippen molar-refractivity contribution in [2.45, 2.75) is 62.5 Å². The highest BCUT2D eigenvalue weighted by Gasteiger charge is 2.20. The number of rotatable bonds is 6.